The predicted molar refractivity (Wildman–Crippen MR) is 117 cm³/mol. The number of hydrogen-bond donors (Lipinski definition) is 1. The molecule has 9 heteroatoms. The minimum Gasteiger partial charge on any atom is -0.505 e. The van der Waals surface area contributed by atoms with Crippen molar-refractivity contribution < 1.29 is 28.6 Å². The molecule has 1 fully saturated rings. The number of halogens is 2. The number of amides is 3. The Hall–Kier alpha value is -3.13. The number of nitrogens with zero attached hydrogens (tertiary/aromatic N) is 2. The van der Waals surface area contributed by atoms with Crippen LogP contribution >= 0.6 is 11.6 Å². The van der Waals surface area contributed by atoms with Gasteiger partial charge in [-0.3, -0.25) is 19.4 Å². The van der Waals surface area contributed by atoms with Gasteiger partial charge in [-0.15, -0.1) is 0 Å². The van der Waals surface area contributed by atoms with E-state index in [1.54, 1.807) is 45.0 Å². The number of phenolic OH excluding ortho intramolecular Hbond substituents is 1. The molecule has 2 aliphatic heterocycles. The SMILES string of the molecule is CC(C)(C)OC(=O)N1CCc2c(Cl)cc(F)c(O)c2[C@@]12C[C@H]2N1C(=O)c2ccccc2C1=O. The van der Waals surface area contributed by atoms with E-state index in [4.69, 9.17) is 16.3 Å². The molecule has 0 radical (unpaired) electrons. The van der Waals surface area contributed by atoms with Crippen LogP contribution in [-0.2, 0) is 16.7 Å². The first-order valence-electron chi connectivity index (χ1n) is 10.6. The highest BCUT2D eigenvalue weighted by Crippen LogP contribution is 2.61. The highest BCUT2D eigenvalue weighted by atomic mass is 35.5. The summed E-state index contributed by atoms with van der Waals surface area (Å²) in [4.78, 5) is 42.0. The molecule has 0 saturated heterocycles. The summed E-state index contributed by atoms with van der Waals surface area (Å²) in [5.41, 5.74) is -0.975. The van der Waals surface area contributed by atoms with E-state index in [1.807, 2.05) is 0 Å². The van der Waals surface area contributed by atoms with Gasteiger partial charge in [0, 0.05) is 23.6 Å². The number of carbonyl (C=O) groups is 3. The quantitative estimate of drug-likeness (QED) is 0.627. The van der Waals surface area contributed by atoms with Crippen molar-refractivity contribution in [1.82, 2.24) is 9.80 Å². The molecule has 0 unspecified atom stereocenters. The van der Waals surface area contributed by atoms with E-state index in [0.29, 0.717) is 5.56 Å². The standard InChI is InChI=1S/C24H22ClFN2O5/c1-23(2,3)33-22(32)27-9-8-14-15(25)10-16(26)19(29)18(14)24(27)11-17(24)28-20(30)12-6-4-5-7-13(12)21(28)31/h4-7,10,17,29H,8-9,11H2,1-3H3/t17-,24+/m1/s1. The van der Waals surface area contributed by atoms with Gasteiger partial charge in [0.2, 0.25) is 0 Å². The lowest BCUT2D eigenvalue weighted by Crippen LogP contribution is -2.52. The lowest BCUT2D eigenvalue weighted by molar-refractivity contribution is 0.00551. The fraction of sp³-hybridized carbons (Fsp3) is 0.375. The summed E-state index contributed by atoms with van der Waals surface area (Å²) < 4.78 is 20.2. The number of hydrogen-bond acceptors (Lipinski definition) is 5. The number of rotatable bonds is 1. The Morgan fingerprint density at radius 3 is 2.39 bits per heavy atom. The average molecular weight is 473 g/mol. The third kappa shape index (κ3) is 3.04. The molecule has 0 bridgehead atoms. The Labute approximate surface area is 194 Å². The Kier molecular flexibility index (Phi) is 4.56. The molecule has 2 aromatic carbocycles. The summed E-state index contributed by atoms with van der Waals surface area (Å²) >= 11 is 6.31. The monoisotopic (exact) mass is 472 g/mol. The topological polar surface area (TPSA) is 87.2 Å². The molecule has 1 aliphatic carbocycles. The molecular formula is C24H22ClFN2O5. The van der Waals surface area contributed by atoms with Crippen LogP contribution in [0.25, 0.3) is 0 Å². The first kappa shape index (κ1) is 21.7. The Morgan fingerprint density at radius 1 is 1.21 bits per heavy atom. The smallest absolute Gasteiger partial charge is 0.411 e. The normalized spacial score (nSPS) is 23.6. The van der Waals surface area contributed by atoms with E-state index in [2.05, 4.69) is 0 Å². The second kappa shape index (κ2) is 6.93. The molecule has 5 rings (SSSR count). The predicted octanol–water partition coefficient (Wildman–Crippen LogP) is 4.24. The van der Waals surface area contributed by atoms with Crippen LogP contribution in [0.1, 0.15) is 59.0 Å². The summed E-state index contributed by atoms with van der Waals surface area (Å²) in [6.07, 6.45) is -0.275. The molecule has 172 valence electrons. The van der Waals surface area contributed by atoms with Gasteiger partial charge < -0.3 is 9.84 Å². The van der Waals surface area contributed by atoms with Gasteiger partial charge in [-0.1, -0.05) is 23.7 Å². The van der Waals surface area contributed by atoms with Crippen molar-refractivity contribution in [1.29, 1.82) is 0 Å². The molecule has 1 N–H and O–H groups in total. The first-order valence-corrected chi connectivity index (χ1v) is 11.0. The second-order valence-corrected chi connectivity index (χ2v) is 10.0. The Bertz CT molecular complexity index is 1210. The summed E-state index contributed by atoms with van der Waals surface area (Å²) in [6, 6.07) is 6.70. The maximum Gasteiger partial charge on any atom is 0.411 e. The molecule has 33 heavy (non-hydrogen) atoms. The third-order valence-electron chi connectivity index (χ3n) is 6.45. The van der Waals surface area contributed by atoms with Crippen molar-refractivity contribution >= 4 is 29.5 Å². The highest BCUT2D eigenvalue weighted by molar-refractivity contribution is 6.31. The van der Waals surface area contributed by atoms with Crippen molar-refractivity contribution in [3.05, 3.63) is 63.4 Å². The number of fused-ring (bicyclic) bond motifs is 3. The number of imide groups is 1. The number of benzene rings is 2. The number of ether oxygens (including phenoxy) is 1. The van der Waals surface area contributed by atoms with Gasteiger partial charge in [-0.2, -0.15) is 0 Å². The maximum absolute atomic E-state index is 14.6. The van der Waals surface area contributed by atoms with Crippen molar-refractivity contribution in [3.8, 4) is 5.75 Å². The van der Waals surface area contributed by atoms with Gasteiger partial charge in [-0.05, 0) is 51.0 Å². The zero-order valence-electron chi connectivity index (χ0n) is 18.3. The van der Waals surface area contributed by atoms with Crippen LogP contribution in [-0.4, -0.2) is 51.0 Å². The van der Waals surface area contributed by atoms with Gasteiger partial charge >= 0.3 is 6.09 Å². The lowest BCUT2D eigenvalue weighted by atomic mass is 9.88. The van der Waals surface area contributed by atoms with Crippen molar-refractivity contribution in [2.45, 2.75) is 50.8 Å². The number of aromatic hydroxyl groups is 1. The zero-order valence-corrected chi connectivity index (χ0v) is 19.1. The van der Waals surface area contributed by atoms with E-state index >= 15 is 0 Å². The van der Waals surface area contributed by atoms with Gasteiger partial charge in [0.15, 0.2) is 11.6 Å². The molecule has 3 amide bonds. The van der Waals surface area contributed by atoms with E-state index in [1.165, 1.54) is 4.90 Å². The van der Waals surface area contributed by atoms with Crippen LogP contribution in [0, 0.1) is 5.82 Å². The van der Waals surface area contributed by atoms with E-state index in [0.717, 1.165) is 11.0 Å². The minimum absolute atomic E-state index is 0.122. The van der Waals surface area contributed by atoms with Crippen LogP contribution < -0.4 is 0 Å². The Morgan fingerprint density at radius 2 is 1.82 bits per heavy atom. The maximum atomic E-state index is 14.6. The molecule has 7 nitrogen and oxygen atoms in total. The molecule has 2 aromatic rings. The minimum atomic E-state index is -1.33. The zero-order chi connectivity index (χ0) is 23.9. The average Bonchev–Trinajstić information content (AvgIpc) is 3.37. The summed E-state index contributed by atoms with van der Waals surface area (Å²) in [7, 11) is 0. The van der Waals surface area contributed by atoms with Crippen molar-refractivity contribution in [3.63, 3.8) is 0 Å². The molecule has 1 spiro atoms. The van der Waals surface area contributed by atoms with Gasteiger partial charge in [0.1, 0.15) is 5.60 Å². The van der Waals surface area contributed by atoms with Crippen LogP contribution in [0.5, 0.6) is 5.75 Å². The van der Waals surface area contributed by atoms with Gasteiger partial charge in [-0.25, -0.2) is 9.18 Å². The van der Waals surface area contributed by atoms with Crippen molar-refractivity contribution in [2.75, 3.05) is 6.54 Å². The van der Waals surface area contributed by atoms with Gasteiger partial charge in [0.05, 0.1) is 22.7 Å². The molecule has 3 aliphatic rings. The summed E-state index contributed by atoms with van der Waals surface area (Å²) in [5, 5.41) is 10.9. The summed E-state index contributed by atoms with van der Waals surface area (Å²) in [5.74, 6) is -2.55. The largest absolute Gasteiger partial charge is 0.505 e. The highest BCUT2D eigenvalue weighted by Gasteiger charge is 2.70. The number of carbonyl (C=O) groups excluding carboxylic acids is 3. The first-order chi connectivity index (χ1) is 15.5. The molecule has 1 saturated carbocycles. The second-order valence-electron chi connectivity index (χ2n) is 9.59. The van der Waals surface area contributed by atoms with Crippen LogP contribution in [0.15, 0.2) is 30.3 Å². The van der Waals surface area contributed by atoms with E-state index in [-0.39, 0.29) is 41.1 Å². The summed E-state index contributed by atoms with van der Waals surface area (Å²) in [6.45, 7) is 5.33. The van der Waals surface area contributed by atoms with Crippen LogP contribution in [0.4, 0.5) is 9.18 Å². The van der Waals surface area contributed by atoms with Crippen LogP contribution in [0.2, 0.25) is 5.02 Å². The molecule has 2 heterocycles. The number of phenols is 1. The fourth-order valence-corrected chi connectivity index (χ4v) is 5.36. The van der Waals surface area contributed by atoms with Crippen molar-refractivity contribution in [2.24, 2.45) is 0 Å². The van der Waals surface area contributed by atoms with Crippen LogP contribution in [0.3, 0.4) is 0 Å². The fourth-order valence-electron chi connectivity index (χ4n) is 5.08. The molecule has 2 atom stereocenters. The van der Waals surface area contributed by atoms with E-state index < -0.39 is 46.7 Å². The van der Waals surface area contributed by atoms with Gasteiger partial charge in [0.25, 0.3) is 11.8 Å². The molecular weight excluding hydrogens is 451 g/mol. The Balaban J connectivity index is 1.65. The lowest BCUT2D eigenvalue weighted by Gasteiger charge is -2.40. The third-order valence-corrected chi connectivity index (χ3v) is 6.79. The van der Waals surface area contributed by atoms with E-state index in [9.17, 15) is 23.9 Å². The molecule has 0 aromatic heterocycles.